The summed E-state index contributed by atoms with van der Waals surface area (Å²) in [6.07, 6.45) is 2.60. The highest BCUT2D eigenvalue weighted by atomic mass is 127. The van der Waals surface area contributed by atoms with Gasteiger partial charge in [0.05, 0.1) is 12.3 Å². The summed E-state index contributed by atoms with van der Waals surface area (Å²) >= 11 is 1.50. The van der Waals surface area contributed by atoms with Crippen molar-refractivity contribution in [2.45, 2.75) is 19.4 Å². The lowest BCUT2D eigenvalue weighted by atomic mass is 10.2. The predicted octanol–water partition coefficient (Wildman–Crippen LogP) is 2.31. The molecule has 2 aromatic rings. The number of halogens is 1. The first-order chi connectivity index (χ1) is 13.1. The maximum absolute atomic E-state index is 5.59. The van der Waals surface area contributed by atoms with Gasteiger partial charge in [-0.2, -0.15) is 4.37 Å². The number of aryl methyl sites for hydroxylation is 1. The van der Waals surface area contributed by atoms with Crippen molar-refractivity contribution in [1.29, 1.82) is 0 Å². The third-order valence-corrected chi connectivity index (χ3v) is 5.60. The molecule has 0 bridgehead atoms. The lowest BCUT2D eigenvalue weighted by Crippen LogP contribution is -2.53. The van der Waals surface area contributed by atoms with Gasteiger partial charge in [-0.05, 0) is 26.2 Å². The van der Waals surface area contributed by atoms with Crippen LogP contribution in [0, 0.1) is 0 Å². The molecule has 1 N–H and O–H groups in total. The largest absolute Gasteiger partial charge is 0.468 e. The maximum Gasteiger partial charge on any atom is 0.205 e. The molecule has 0 radical (unpaired) electrons. The van der Waals surface area contributed by atoms with Crippen LogP contribution in [-0.2, 0) is 6.42 Å². The summed E-state index contributed by atoms with van der Waals surface area (Å²) in [6.45, 7) is 6.50. The molecule has 0 amide bonds. The molecule has 0 saturated carbocycles. The summed E-state index contributed by atoms with van der Waals surface area (Å²) in [5.41, 5.74) is 0. The van der Waals surface area contributed by atoms with Gasteiger partial charge in [-0.25, -0.2) is 4.98 Å². The zero-order valence-corrected chi connectivity index (χ0v) is 20.1. The molecule has 156 valence electrons. The minimum absolute atomic E-state index is 0. The number of hydrogen-bond donors (Lipinski definition) is 1. The Labute approximate surface area is 188 Å². The maximum atomic E-state index is 5.59. The third-order valence-electron chi connectivity index (χ3n) is 4.78. The monoisotopic (exact) mass is 519 g/mol. The lowest BCUT2D eigenvalue weighted by molar-refractivity contribution is 0.255. The summed E-state index contributed by atoms with van der Waals surface area (Å²) in [5, 5.41) is 4.53. The van der Waals surface area contributed by atoms with E-state index in [1.165, 1.54) is 11.5 Å². The first-order valence-electron chi connectivity index (χ1n) is 9.35. The van der Waals surface area contributed by atoms with Gasteiger partial charge in [-0.1, -0.05) is 6.92 Å². The van der Waals surface area contributed by atoms with E-state index in [2.05, 4.69) is 55.4 Å². The van der Waals surface area contributed by atoms with E-state index in [-0.39, 0.29) is 30.0 Å². The number of rotatable bonds is 6. The SMILES string of the molecule is CCc1nsc(N2CCN(C(=NC)NCC(c3ccco3)N(C)C)CC2)n1.I. The molecule has 0 aliphatic carbocycles. The number of likely N-dealkylation sites (N-methyl/N-ethyl adjacent to an activating group) is 1. The normalized spacial score (nSPS) is 16.2. The predicted molar refractivity (Wildman–Crippen MR) is 125 cm³/mol. The lowest BCUT2D eigenvalue weighted by Gasteiger charge is -2.36. The van der Waals surface area contributed by atoms with Crippen LogP contribution in [0.3, 0.4) is 0 Å². The Morgan fingerprint density at radius 3 is 2.64 bits per heavy atom. The highest BCUT2D eigenvalue weighted by molar-refractivity contribution is 14.0. The second-order valence-electron chi connectivity index (χ2n) is 6.74. The fraction of sp³-hybridized carbons (Fsp3) is 0.611. The van der Waals surface area contributed by atoms with Crippen molar-refractivity contribution in [3.05, 3.63) is 30.0 Å². The molecule has 1 aliphatic rings. The molecule has 28 heavy (non-hydrogen) atoms. The number of furan rings is 1. The third kappa shape index (κ3) is 5.57. The standard InChI is InChI=1S/C18H29N7OS.HI/c1-5-16-21-18(27-22-16)25-10-8-24(9-11-25)17(19-2)20-13-14(23(3)4)15-7-6-12-26-15;/h6-7,12,14H,5,8-11,13H2,1-4H3,(H,19,20);1H. The summed E-state index contributed by atoms with van der Waals surface area (Å²) in [7, 11) is 5.95. The first-order valence-corrected chi connectivity index (χ1v) is 10.1. The topological polar surface area (TPSA) is 73.0 Å². The molecule has 1 saturated heterocycles. The quantitative estimate of drug-likeness (QED) is 0.357. The number of piperazine rings is 1. The second kappa shape index (κ2) is 11.0. The average Bonchev–Trinajstić information content (AvgIpc) is 3.37. The Morgan fingerprint density at radius 1 is 1.36 bits per heavy atom. The molecule has 0 spiro atoms. The van der Waals surface area contributed by atoms with Crippen molar-refractivity contribution in [1.82, 2.24) is 24.5 Å². The van der Waals surface area contributed by atoms with Gasteiger partial charge in [0, 0.05) is 57.7 Å². The van der Waals surface area contributed by atoms with Crippen LogP contribution in [0.5, 0.6) is 0 Å². The molecular formula is C18H30IN7OS. The van der Waals surface area contributed by atoms with Crippen LogP contribution >= 0.6 is 35.5 Å². The zero-order chi connectivity index (χ0) is 19.2. The molecular weight excluding hydrogens is 489 g/mol. The van der Waals surface area contributed by atoms with Gasteiger partial charge in [0.15, 0.2) is 5.96 Å². The molecule has 1 aliphatic heterocycles. The van der Waals surface area contributed by atoms with E-state index in [1.807, 2.05) is 19.2 Å². The van der Waals surface area contributed by atoms with Crippen LogP contribution in [0.25, 0.3) is 0 Å². The Kier molecular flexibility index (Phi) is 8.96. The van der Waals surface area contributed by atoms with Crippen molar-refractivity contribution in [2.75, 3.05) is 58.8 Å². The fourth-order valence-electron chi connectivity index (χ4n) is 3.17. The van der Waals surface area contributed by atoms with E-state index in [4.69, 9.17) is 4.42 Å². The van der Waals surface area contributed by atoms with Gasteiger partial charge < -0.3 is 19.5 Å². The fourth-order valence-corrected chi connectivity index (χ4v) is 3.97. The minimum Gasteiger partial charge on any atom is -0.468 e. The van der Waals surface area contributed by atoms with Crippen LogP contribution in [0.4, 0.5) is 5.13 Å². The van der Waals surface area contributed by atoms with Crippen molar-refractivity contribution < 1.29 is 4.42 Å². The Balaban J connectivity index is 0.00000280. The summed E-state index contributed by atoms with van der Waals surface area (Å²) in [5.74, 6) is 2.82. The van der Waals surface area contributed by atoms with Gasteiger partial charge in [0.2, 0.25) is 5.13 Å². The molecule has 0 aromatic carbocycles. The van der Waals surface area contributed by atoms with Gasteiger partial charge in [-0.15, -0.1) is 24.0 Å². The number of aliphatic imine (C=N–C) groups is 1. The molecule has 3 heterocycles. The van der Waals surface area contributed by atoms with E-state index in [1.54, 1.807) is 6.26 Å². The van der Waals surface area contributed by atoms with Crippen LogP contribution in [-0.4, -0.2) is 79.0 Å². The smallest absolute Gasteiger partial charge is 0.205 e. The van der Waals surface area contributed by atoms with E-state index in [9.17, 15) is 0 Å². The Morgan fingerprint density at radius 2 is 2.11 bits per heavy atom. The molecule has 3 rings (SSSR count). The Bertz CT molecular complexity index is 726. The number of hydrogen-bond acceptors (Lipinski definition) is 7. The molecule has 8 nitrogen and oxygen atoms in total. The van der Waals surface area contributed by atoms with Crippen molar-refractivity contribution >= 4 is 46.6 Å². The molecule has 1 atom stereocenters. The van der Waals surface area contributed by atoms with Crippen molar-refractivity contribution in [3.63, 3.8) is 0 Å². The van der Waals surface area contributed by atoms with Crippen molar-refractivity contribution in [3.8, 4) is 0 Å². The molecule has 1 unspecified atom stereocenters. The van der Waals surface area contributed by atoms with E-state index < -0.39 is 0 Å². The van der Waals surface area contributed by atoms with Crippen LogP contribution in [0.2, 0.25) is 0 Å². The van der Waals surface area contributed by atoms with Gasteiger partial charge in [0.1, 0.15) is 11.6 Å². The Hall–Kier alpha value is -1.40. The second-order valence-corrected chi connectivity index (χ2v) is 7.47. The minimum atomic E-state index is 0. The number of anilines is 1. The van der Waals surface area contributed by atoms with Crippen molar-refractivity contribution in [2.24, 2.45) is 4.99 Å². The number of nitrogens with zero attached hydrogens (tertiary/aromatic N) is 6. The number of aromatic nitrogens is 2. The van der Waals surface area contributed by atoms with Gasteiger partial charge >= 0.3 is 0 Å². The molecule has 1 fully saturated rings. The van der Waals surface area contributed by atoms with Gasteiger partial charge in [0.25, 0.3) is 0 Å². The summed E-state index contributed by atoms with van der Waals surface area (Å²) in [6, 6.07) is 4.10. The molecule has 2 aromatic heterocycles. The zero-order valence-electron chi connectivity index (χ0n) is 17.0. The van der Waals surface area contributed by atoms with E-state index in [0.29, 0.717) is 0 Å². The first kappa shape index (κ1) is 22.9. The average molecular weight is 519 g/mol. The number of guanidine groups is 1. The highest BCUT2D eigenvalue weighted by Gasteiger charge is 2.23. The van der Waals surface area contributed by atoms with E-state index in [0.717, 1.165) is 61.8 Å². The highest BCUT2D eigenvalue weighted by Crippen LogP contribution is 2.20. The molecule has 10 heteroatoms. The van der Waals surface area contributed by atoms with Gasteiger partial charge in [-0.3, -0.25) is 9.89 Å². The number of nitrogens with one attached hydrogen (secondary N) is 1. The van der Waals surface area contributed by atoms with Crippen LogP contribution in [0.1, 0.15) is 24.6 Å². The summed E-state index contributed by atoms with van der Waals surface area (Å²) in [4.78, 5) is 15.8. The summed E-state index contributed by atoms with van der Waals surface area (Å²) < 4.78 is 9.98. The van der Waals surface area contributed by atoms with Crippen LogP contribution < -0.4 is 10.2 Å². The van der Waals surface area contributed by atoms with E-state index >= 15 is 0 Å². The van der Waals surface area contributed by atoms with Crippen LogP contribution in [0.15, 0.2) is 27.8 Å².